The molecule has 0 unspecified atom stereocenters. The van der Waals surface area contributed by atoms with E-state index in [1.165, 1.54) is 31.3 Å². The Bertz CT molecular complexity index is 2220. The van der Waals surface area contributed by atoms with Crippen LogP contribution in [0.5, 0.6) is 17.2 Å². The lowest BCUT2D eigenvalue weighted by Crippen LogP contribution is -2.52. The van der Waals surface area contributed by atoms with Gasteiger partial charge in [0.2, 0.25) is 12.4 Å². The van der Waals surface area contributed by atoms with Crippen LogP contribution >= 0.6 is 23.2 Å². The summed E-state index contributed by atoms with van der Waals surface area (Å²) in [5.74, 6) is -0.493. The van der Waals surface area contributed by atoms with Crippen molar-refractivity contribution >= 4 is 35.3 Å². The first-order valence-corrected chi connectivity index (χ1v) is 19.3. The second-order valence-corrected chi connectivity index (χ2v) is 15.0. The highest BCUT2D eigenvalue weighted by molar-refractivity contribution is 6.35. The molecule has 2 bridgehead atoms. The van der Waals surface area contributed by atoms with Crippen molar-refractivity contribution in [1.29, 1.82) is 0 Å². The Hall–Kier alpha value is -5.50. The van der Waals surface area contributed by atoms with E-state index in [4.69, 9.17) is 42.1 Å². The minimum Gasteiger partial charge on any atom is -0.543 e. The molecule has 0 aliphatic carbocycles. The fourth-order valence-electron chi connectivity index (χ4n) is 7.93. The highest BCUT2D eigenvalue weighted by Gasteiger charge is 2.37. The Morgan fingerprint density at radius 3 is 2.30 bits per heavy atom. The number of aromatic nitrogens is 3. The lowest BCUT2D eigenvalue weighted by Gasteiger charge is -2.43. The number of ether oxygens (including phenoxy) is 4. The number of aryl methyl sites for hydroxylation is 1. The minimum atomic E-state index is -1.49. The van der Waals surface area contributed by atoms with Crippen LogP contribution in [0.4, 0.5) is 4.79 Å². The molecule has 3 fully saturated rings. The van der Waals surface area contributed by atoms with Gasteiger partial charge in [-0.1, -0.05) is 71.7 Å². The van der Waals surface area contributed by atoms with Crippen LogP contribution in [0.25, 0.3) is 0 Å². The maximum atomic E-state index is 13.4. The molecular formula is C42H43Cl2N5O8. The smallest absolute Gasteiger partial charge is 0.408 e. The third-order valence-corrected chi connectivity index (χ3v) is 11.5. The summed E-state index contributed by atoms with van der Waals surface area (Å²) < 4.78 is 25.7. The summed E-state index contributed by atoms with van der Waals surface area (Å²) >= 11 is 13.2. The van der Waals surface area contributed by atoms with Gasteiger partial charge in [0.15, 0.2) is 11.5 Å². The molecule has 15 heteroatoms. The van der Waals surface area contributed by atoms with Gasteiger partial charge in [0.25, 0.3) is 0 Å². The zero-order valence-electron chi connectivity index (χ0n) is 31.7. The monoisotopic (exact) mass is 815 g/mol. The third-order valence-electron chi connectivity index (χ3n) is 10.9. The maximum absolute atomic E-state index is 13.4. The Balaban J connectivity index is 1.21. The van der Waals surface area contributed by atoms with E-state index < -0.39 is 24.0 Å². The molecule has 1 amide bonds. The van der Waals surface area contributed by atoms with Crippen LogP contribution in [-0.2, 0) is 24.8 Å². The average Bonchev–Trinajstić information content (AvgIpc) is 3.55. The summed E-state index contributed by atoms with van der Waals surface area (Å²) in [6.45, 7) is 2.72. The van der Waals surface area contributed by atoms with Gasteiger partial charge in [-0.2, -0.15) is 5.10 Å². The van der Waals surface area contributed by atoms with Gasteiger partial charge in [-0.3, -0.25) is 14.8 Å². The van der Waals surface area contributed by atoms with Gasteiger partial charge in [-0.05, 0) is 79.2 Å². The molecule has 13 nitrogen and oxygen atoms in total. The Morgan fingerprint density at radius 1 is 0.947 bits per heavy atom. The minimum absolute atomic E-state index is 0.0998. The number of pyridine rings is 1. The number of methoxy groups -OCH3 is 2. The lowest BCUT2D eigenvalue weighted by molar-refractivity contribution is -0.904. The molecule has 298 valence electrons. The SMILES string of the molecule is COc1ccc([C@H](Cc2c(Cl)c[n+](O)cc2Cl)c2c(C(=O)[O-])nn(C)c2COc2cccc([C@@H](NC(=O)O[C@H]3CN4CCC3CC4)c3ccccc3)c2)cc1OC. The van der Waals surface area contributed by atoms with Gasteiger partial charge in [-0.25, -0.2) is 4.79 Å². The molecular weight excluding hydrogens is 773 g/mol. The molecule has 5 heterocycles. The lowest BCUT2D eigenvalue weighted by atomic mass is 9.84. The normalized spacial score (nSPS) is 18.4. The van der Waals surface area contributed by atoms with Crippen molar-refractivity contribution in [2.45, 2.75) is 43.9 Å². The average molecular weight is 817 g/mol. The fraction of sp³-hybridized carbons (Fsp3) is 0.333. The van der Waals surface area contributed by atoms with E-state index in [1.54, 1.807) is 31.3 Å². The first-order chi connectivity index (χ1) is 27.5. The summed E-state index contributed by atoms with van der Waals surface area (Å²) in [6, 6.07) is 21.7. The first kappa shape index (κ1) is 39.7. The predicted molar refractivity (Wildman–Crippen MR) is 208 cm³/mol. The molecule has 2 N–H and O–H groups in total. The number of piperidine rings is 3. The molecule has 0 saturated carbocycles. The number of rotatable bonds is 14. The highest BCUT2D eigenvalue weighted by atomic mass is 35.5. The van der Waals surface area contributed by atoms with Crippen LogP contribution < -0.4 is 29.4 Å². The van der Waals surface area contributed by atoms with Crippen LogP contribution in [0.3, 0.4) is 0 Å². The summed E-state index contributed by atoms with van der Waals surface area (Å²) in [6.07, 6.45) is 4.09. The zero-order chi connectivity index (χ0) is 40.2. The molecule has 57 heavy (non-hydrogen) atoms. The predicted octanol–water partition coefficient (Wildman–Crippen LogP) is 5.50. The van der Waals surface area contributed by atoms with E-state index in [0.29, 0.717) is 45.6 Å². The summed E-state index contributed by atoms with van der Waals surface area (Å²) in [5, 5.41) is 30.6. The van der Waals surface area contributed by atoms with E-state index in [9.17, 15) is 19.9 Å². The quantitative estimate of drug-likeness (QED) is 0.109. The van der Waals surface area contributed by atoms with Crippen LogP contribution in [0, 0.1) is 5.92 Å². The van der Waals surface area contributed by atoms with Crippen molar-refractivity contribution in [3.63, 3.8) is 0 Å². The van der Waals surface area contributed by atoms with Crippen LogP contribution in [0.15, 0.2) is 85.2 Å². The number of amides is 1. The molecule has 0 radical (unpaired) electrons. The largest absolute Gasteiger partial charge is 0.543 e. The number of nitrogens with one attached hydrogen (secondary N) is 1. The van der Waals surface area contributed by atoms with Crippen LogP contribution in [-0.4, -0.2) is 71.9 Å². The van der Waals surface area contributed by atoms with Gasteiger partial charge in [-0.15, -0.1) is 0 Å². The number of nitrogens with zero attached hydrogens (tertiary/aromatic N) is 4. The molecule has 3 aliphatic rings. The molecule has 3 aromatic carbocycles. The highest BCUT2D eigenvalue weighted by Crippen LogP contribution is 2.40. The number of carboxylic acids is 1. The molecule has 3 aliphatic heterocycles. The van der Waals surface area contributed by atoms with Crippen LogP contribution in [0.2, 0.25) is 10.0 Å². The topological polar surface area (TPSA) is 151 Å². The van der Waals surface area contributed by atoms with Crippen molar-refractivity contribution < 1.29 is 43.6 Å². The molecule has 5 aromatic rings. The number of halogens is 2. The maximum Gasteiger partial charge on any atom is 0.408 e. The Labute approximate surface area is 340 Å². The van der Waals surface area contributed by atoms with Gasteiger partial charge < -0.3 is 34.2 Å². The second-order valence-electron chi connectivity index (χ2n) is 14.2. The van der Waals surface area contributed by atoms with Gasteiger partial charge in [0.05, 0.1) is 31.9 Å². The summed E-state index contributed by atoms with van der Waals surface area (Å²) in [5.41, 5.74) is 3.17. The van der Waals surface area contributed by atoms with Crippen molar-refractivity contribution in [1.82, 2.24) is 20.0 Å². The van der Waals surface area contributed by atoms with Gasteiger partial charge in [0, 0.05) is 35.4 Å². The van der Waals surface area contributed by atoms with E-state index in [1.807, 2.05) is 48.5 Å². The number of hydrogen-bond acceptors (Lipinski definition) is 10. The fourth-order valence-corrected chi connectivity index (χ4v) is 8.54. The molecule has 0 spiro atoms. The number of benzene rings is 3. The van der Waals surface area contributed by atoms with Crippen molar-refractivity contribution in [2.75, 3.05) is 33.9 Å². The van der Waals surface area contributed by atoms with E-state index >= 15 is 0 Å². The molecule has 3 atom stereocenters. The number of hydrogen-bond donors (Lipinski definition) is 2. The van der Waals surface area contributed by atoms with Crippen molar-refractivity contribution in [3.8, 4) is 17.2 Å². The second kappa shape index (κ2) is 17.3. The Morgan fingerprint density at radius 2 is 1.65 bits per heavy atom. The molecule has 3 saturated heterocycles. The number of carbonyl (C=O) groups excluding carboxylic acids is 2. The Kier molecular flexibility index (Phi) is 12.1. The van der Waals surface area contributed by atoms with Crippen molar-refractivity contribution in [2.24, 2.45) is 13.0 Å². The third kappa shape index (κ3) is 8.75. The molecule has 2 aromatic heterocycles. The number of alkyl carbamates (subject to hydrolysis) is 1. The van der Waals surface area contributed by atoms with E-state index in [2.05, 4.69) is 15.3 Å². The van der Waals surface area contributed by atoms with Gasteiger partial charge >= 0.3 is 6.09 Å². The molecule has 8 rings (SSSR count). The summed E-state index contributed by atoms with van der Waals surface area (Å²) in [7, 11) is 4.65. The number of carbonyl (C=O) groups is 2. The van der Waals surface area contributed by atoms with Gasteiger partial charge in [0.1, 0.15) is 34.2 Å². The number of fused-ring (bicyclic) bond motifs is 3. The number of aromatic carboxylic acids is 1. The van der Waals surface area contributed by atoms with E-state index in [0.717, 1.165) is 48.3 Å². The number of carboxylic acid groups (broad SMARTS) is 1. The summed E-state index contributed by atoms with van der Waals surface area (Å²) in [4.78, 5) is 28.5. The zero-order valence-corrected chi connectivity index (χ0v) is 33.2. The van der Waals surface area contributed by atoms with E-state index in [-0.39, 0.29) is 34.9 Å². The standard InChI is InChI=1S/C42H43Cl2N5O8/c1-47-34(38(40(46-47)41(50)51)30(20-31-32(43)21-49(53)22-33(31)44)27-12-13-35(54-2)36(19-27)55-3)24-56-29-11-7-10-28(18-29)39(26-8-5-4-6-9-26)45-42(52)57-37-23-48-16-14-25(37)15-17-48/h4-13,18-19,21-22,25,30,37,39H,14-17,20,23-24H2,1-3H3,(H2-,45,50,51,52,53)/t30-,37-,39-/m0/s1. The first-order valence-electron chi connectivity index (χ1n) is 18.6. The van der Waals surface area contributed by atoms with Crippen LogP contribution in [0.1, 0.15) is 68.8 Å². The van der Waals surface area contributed by atoms with Crippen molar-refractivity contribution in [3.05, 3.63) is 134 Å².